The quantitative estimate of drug-likeness (QED) is 0.204. The number of hydrogen-bond donors (Lipinski definition) is 2. The molecule has 1 atom stereocenters. The van der Waals surface area contributed by atoms with Crippen molar-refractivity contribution >= 4 is 52.1 Å². The maximum absolute atomic E-state index is 13.4. The average Bonchev–Trinajstić information content (AvgIpc) is 3.62. The number of methoxy groups -OCH3 is 1. The number of aryl methyl sites for hydroxylation is 2. The number of nitrogens with one attached hydrogen (secondary N) is 1. The number of amides is 2. The smallest absolute Gasteiger partial charge is 0.339 e. The minimum atomic E-state index is -0.594. The Morgan fingerprint density at radius 1 is 1.06 bits per heavy atom. The first-order chi connectivity index (χ1) is 24.6. The lowest BCUT2D eigenvalue weighted by molar-refractivity contribution is -0.131. The second kappa shape index (κ2) is 15.5. The number of aromatic nitrogens is 3. The molecule has 0 unspecified atom stereocenters. The van der Waals surface area contributed by atoms with E-state index in [-0.39, 0.29) is 37.7 Å². The highest BCUT2D eigenvalue weighted by Gasteiger charge is 2.32. The molecule has 2 aliphatic rings. The Kier molecular flexibility index (Phi) is 10.9. The second-order valence-corrected chi connectivity index (χ2v) is 13.9. The van der Waals surface area contributed by atoms with Crippen LogP contribution in [-0.2, 0) is 14.3 Å². The number of carbonyl (C=O) groups excluding carboxylic acids is 3. The molecule has 2 aromatic carbocycles. The first kappa shape index (κ1) is 35.8. The van der Waals surface area contributed by atoms with E-state index in [2.05, 4.69) is 46.1 Å². The summed E-state index contributed by atoms with van der Waals surface area (Å²) in [7, 11) is 1.33. The number of aliphatic imine (C=N–C) groups is 1. The van der Waals surface area contributed by atoms with E-state index in [0.717, 1.165) is 38.9 Å². The number of benzene rings is 2. The van der Waals surface area contributed by atoms with Gasteiger partial charge >= 0.3 is 5.97 Å². The lowest BCUT2D eigenvalue weighted by Gasteiger charge is -2.36. The van der Waals surface area contributed by atoms with Gasteiger partial charge in [-0.05, 0) is 56.7 Å². The molecule has 0 radical (unpaired) electrons. The molecule has 6 rings (SSSR count). The molecule has 51 heavy (non-hydrogen) atoms. The summed E-state index contributed by atoms with van der Waals surface area (Å²) in [6, 6.07) is 12.4. The van der Waals surface area contributed by atoms with Gasteiger partial charge in [0.05, 0.1) is 31.4 Å². The van der Waals surface area contributed by atoms with Crippen LogP contribution in [0, 0.1) is 32.6 Å². The van der Waals surface area contributed by atoms with E-state index in [1.807, 2.05) is 52.8 Å². The highest BCUT2D eigenvalue weighted by molar-refractivity contribution is 7.15. The number of anilines is 1. The zero-order valence-corrected chi connectivity index (χ0v) is 30.5. The molecule has 0 aliphatic carbocycles. The van der Waals surface area contributed by atoms with Crippen LogP contribution in [0.3, 0.4) is 0 Å². The molecule has 1 fully saturated rings. The molecule has 2 amide bonds. The van der Waals surface area contributed by atoms with Crippen LogP contribution in [0.15, 0.2) is 47.5 Å². The minimum Gasteiger partial charge on any atom is -0.465 e. The number of hydrogen-bond acceptors (Lipinski definition) is 10. The van der Waals surface area contributed by atoms with Crippen LogP contribution in [0.5, 0.6) is 0 Å². The highest BCUT2D eigenvalue weighted by Crippen LogP contribution is 2.39. The van der Waals surface area contributed by atoms with Gasteiger partial charge < -0.3 is 25.6 Å². The van der Waals surface area contributed by atoms with Crippen LogP contribution in [0.2, 0.25) is 5.02 Å². The molecule has 2 aromatic heterocycles. The number of carbonyl (C=O) groups is 3. The summed E-state index contributed by atoms with van der Waals surface area (Å²) in [4.78, 5) is 49.0. The maximum Gasteiger partial charge on any atom is 0.339 e. The Bertz CT molecular complexity index is 2070. The predicted octanol–water partition coefficient (Wildman–Crippen LogP) is 4.14. The molecular formula is C37H39ClN8O4S. The van der Waals surface area contributed by atoms with Crippen LogP contribution in [-0.4, -0.2) is 89.5 Å². The van der Waals surface area contributed by atoms with Crippen molar-refractivity contribution < 1.29 is 19.1 Å². The molecule has 2 aliphatic heterocycles. The van der Waals surface area contributed by atoms with Gasteiger partial charge in [-0.1, -0.05) is 35.6 Å². The van der Waals surface area contributed by atoms with Gasteiger partial charge in [-0.3, -0.25) is 19.1 Å². The summed E-state index contributed by atoms with van der Waals surface area (Å²) in [5.74, 6) is 6.35. The number of piperazine rings is 1. The monoisotopic (exact) mass is 726 g/mol. The number of rotatable bonds is 8. The zero-order chi connectivity index (χ0) is 36.2. The van der Waals surface area contributed by atoms with Crippen molar-refractivity contribution in [2.75, 3.05) is 51.3 Å². The van der Waals surface area contributed by atoms with E-state index in [9.17, 15) is 14.4 Å². The maximum atomic E-state index is 13.4. The Morgan fingerprint density at radius 3 is 2.51 bits per heavy atom. The second-order valence-electron chi connectivity index (χ2n) is 12.3. The SMILES string of the molecule is COC(=O)c1ccc(N2CCN(C(=O)CCNC(=O)C[C@@H]3N=C(c4ccc(Cl)cc4)c4c(sc(C)c4C)-n4c(C)nnc43)CC2)cc1C#CCN. The third-order valence-electron chi connectivity index (χ3n) is 9.13. The number of esters is 1. The summed E-state index contributed by atoms with van der Waals surface area (Å²) in [5.41, 5.74) is 11.2. The van der Waals surface area contributed by atoms with Gasteiger partial charge in [-0.15, -0.1) is 21.5 Å². The number of fused-ring (bicyclic) bond motifs is 3. The summed E-state index contributed by atoms with van der Waals surface area (Å²) in [6.07, 6.45) is 0.217. The van der Waals surface area contributed by atoms with Gasteiger partial charge in [0, 0.05) is 71.4 Å². The fraction of sp³-hybridized carbons (Fsp3) is 0.351. The molecule has 1 saturated heterocycles. The fourth-order valence-electron chi connectivity index (χ4n) is 6.33. The fourth-order valence-corrected chi connectivity index (χ4v) is 7.67. The molecule has 264 valence electrons. The summed E-state index contributed by atoms with van der Waals surface area (Å²) in [6.45, 7) is 8.71. The van der Waals surface area contributed by atoms with Gasteiger partial charge in [-0.2, -0.15) is 0 Å². The minimum absolute atomic E-state index is 0.0337. The van der Waals surface area contributed by atoms with Crippen molar-refractivity contribution in [2.45, 2.75) is 39.7 Å². The number of thiophene rings is 1. The van der Waals surface area contributed by atoms with Crippen LogP contribution < -0.4 is 16.0 Å². The van der Waals surface area contributed by atoms with Crippen molar-refractivity contribution in [1.29, 1.82) is 0 Å². The molecule has 0 saturated carbocycles. The molecule has 3 N–H and O–H groups in total. The van der Waals surface area contributed by atoms with Crippen molar-refractivity contribution in [3.63, 3.8) is 0 Å². The lowest BCUT2D eigenvalue weighted by atomic mass is 9.99. The van der Waals surface area contributed by atoms with E-state index in [4.69, 9.17) is 27.1 Å². The van der Waals surface area contributed by atoms with E-state index in [0.29, 0.717) is 48.2 Å². The van der Waals surface area contributed by atoms with E-state index >= 15 is 0 Å². The first-order valence-electron chi connectivity index (χ1n) is 16.7. The average molecular weight is 727 g/mol. The van der Waals surface area contributed by atoms with Crippen LogP contribution >= 0.6 is 22.9 Å². The summed E-state index contributed by atoms with van der Waals surface area (Å²) in [5, 5.41) is 13.4. The highest BCUT2D eigenvalue weighted by atomic mass is 35.5. The standard InChI is InChI=1S/C37H39ClN8O4S/c1-22-23(2)51-36-33(22)34(25-7-9-27(38)10-8-25)41-30(35-43-42-24(3)46(35)36)21-31(47)40-15-13-32(48)45-18-16-44(17-19-45)28-11-12-29(37(49)50-4)26(20-28)6-5-14-39/h7-12,20,30H,13-19,21,39H2,1-4H3,(H,40,47)/t30-/m0/s1. The number of nitrogens with two attached hydrogens (primary N) is 1. The molecule has 12 nitrogen and oxygen atoms in total. The lowest BCUT2D eigenvalue weighted by Crippen LogP contribution is -2.49. The molecule has 0 spiro atoms. The van der Waals surface area contributed by atoms with E-state index in [1.165, 1.54) is 12.0 Å². The topological polar surface area (TPSA) is 148 Å². The Balaban J connectivity index is 1.09. The van der Waals surface area contributed by atoms with Crippen molar-refractivity contribution in [3.8, 4) is 16.8 Å². The molecule has 0 bridgehead atoms. The van der Waals surface area contributed by atoms with Crippen LogP contribution in [0.4, 0.5) is 5.69 Å². The van der Waals surface area contributed by atoms with Crippen molar-refractivity contribution in [3.05, 3.63) is 91.8 Å². The van der Waals surface area contributed by atoms with Gasteiger partial charge in [0.25, 0.3) is 0 Å². The van der Waals surface area contributed by atoms with Gasteiger partial charge in [-0.25, -0.2) is 4.79 Å². The number of halogens is 1. The predicted molar refractivity (Wildman–Crippen MR) is 198 cm³/mol. The first-order valence-corrected chi connectivity index (χ1v) is 17.9. The summed E-state index contributed by atoms with van der Waals surface area (Å²) >= 11 is 7.87. The molecular weight excluding hydrogens is 688 g/mol. The molecule has 4 aromatic rings. The Morgan fingerprint density at radius 2 is 1.80 bits per heavy atom. The van der Waals surface area contributed by atoms with Crippen LogP contribution in [0.1, 0.15) is 68.0 Å². The third-order valence-corrected chi connectivity index (χ3v) is 10.6. The van der Waals surface area contributed by atoms with Gasteiger partial charge in [0.2, 0.25) is 11.8 Å². The molecule has 14 heteroatoms. The van der Waals surface area contributed by atoms with E-state index in [1.54, 1.807) is 17.4 Å². The number of nitrogens with zero attached hydrogens (tertiary/aromatic N) is 6. The van der Waals surface area contributed by atoms with E-state index < -0.39 is 12.0 Å². The zero-order valence-electron chi connectivity index (χ0n) is 29.0. The molecule has 4 heterocycles. The third kappa shape index (κ3) is 7.54. The summed E-state index contributed by atoms with van der Waals surface area (Å²) < 4.78 is 6.90. The van der Waals surface area contributed by atoms with Gasteiger partial charge in [0.15, 0.2) is 5.82 Å². The normalized spacial score (nSPS) is 15.2. The van der Waals surface area contributed by atoms with Crippen molar-refractivity contribution in [1.82, 2.24) is 25.0 Å². The Labute approximate surface area is 305 Å². The largest absolute Gasteiger partial charge is 0.465 e. The Hall–Kier alpha value is -5.03. The van der Waals surface area contributed by atoms with Crippen LogP contribution in [0.25, 0.3) is 5.00 Å². The number of ether oxygens (including phenoxy) is 1. The van der Waals surface area contributed by atoms with Gasteiger partial charge in [0.1, 0.15) is 16.9 Å². The van der Waals surface area contributed by atoms with Crippen molar-refractivity contribution in [2.24, 2.45) is 10.7 Å².